The molecule has 2 nitrogen and oxygen atoms in total. The van der Waals surface area contributed by atoms with Gasteiger partial charge >= 0.3 is 6.61 Å². The Bertz CT molecular complexity index is 375. The fraction of sp³-hybridized carbons (Fsp3) is 0.462. The zero-order chi connectivity index (χ0) is 12.8. The Morgan fingerprint density at radius 2 is 1.94 bits per heavy atom. The van der Waals surface area contributed by atoms with Crippen molar-refractivity contribution < 1.29 is 18.3 Å². The lowest BCUT2D eigenvalue weighted by Gasteiger charge is -2.10. The van der Waals surface area contributed by atoms with Gasteiger partial charge in [0, 0.05) is 6.42 Å². The van der Waals surface area contributed by atoms with Crippen LogP contribution < -0.4 is 4.74 Å². The number of halogens is 2. The van der Waals surface area contributed by atoms with Crippen molar-refractivity contribution >= 4 is 5.78 Å². The summed E-state index contributed by atoms with van der Waals surface area (Å²) in [7, 11) is 0. The van der Waals surface area contributed by atoms with Crippen LogP contribution in [-0.4, -0.2) is 12.4 Å². The number of carbonyl (C=O) groups excluding carboxylic acids is 1. The van der Waals surface area contributed by atoms with Crippen molar-refractivity contribution in [3.63, 3.8) is 0 Å². The van der Waals surface area contributed by atoms with Crippen LogP contribution in [0.4, 0.5) is 8.78 Å². The maximum atomic E-state index is 12.1. The molecule has 0 bridgehead atoms. The van der Waals surface area contributed by atoms with Crippen molar-refractivity contribution in [3.05, 3.63) is 29.8 Å². The molecule has 0 N–H and O–H groups in total. The van der Waals surface area contributed by atoms with Gasteiger partial charge in [-0.1, -0.05) is 26.0 Å². The molecule has 1 aromatic rings. The quantitative estimate of drug-likeness (QED) is 0.707. The van der Waals surface area contributed by atoms with Gasteiger partial charge in [-0.15, -0.1) is 0 Å². The van der Waals surface area contributed by atoms with Gasteiger partial charge in [-0.2, -0.15) is 8.78 Å². The fourth-order valence-corrected chi connectivity index (χ4v) is 1.45. The summed E-state index contributed by atoms with van der Waals surface area (Å²) in [5.41, 5.74) is 0.230. The number of Topliss-reactive ketones (excluding diaryl/α,β-unsaturated/α-hetero) is 1. The highest BCUT2D eigenvalue weighted by molar-refractivity contribution is 5.98. The van der Waals surface area contributed by atoms with Crippen LogP contribution in [0.25, 0.3) is 0 Å². The van der Waals surface area contributed by atoms with Crippen molar-refractivity contribution in [2.24, 2.45) is 5.92 Å². The minimum Gasteiger partial charge on any atom is -0.434 e. The molecule has 0 spiro atoms. The van der Waals surface area contributed by atoms with Crippen molar-refractivity contribution in [1.82, 2.24) is 0 Å². The molecule has 94 valence electrons. The number of para-hydroxylation sites is 1. The van der Waals surface area contributed by atoms with Crippen LogP contribution >= 0.6 is 0 Å². The van der Waals surface area contributed by atoms with Gasteiger partial charge < -0.3 is 4.74 Å². The zero-order valence-corrected chi connectivity index (χ0v) is 9.95. The third-order valence-corrected chi connectivity index (χ3v) is 2.35. The second kappa shape index (κ2) is 6.33. The topological polar surface area (TPSA) is 26.3 Å². The molecule has 0 saturated carbocycles. The van der Waals surface area contributed by atoms with E-state index in [1.165, 1.54) is 12.1 Å². The second-order valence-electron chi connectivity index (χ2n) is 4.23. The van der Waals surface area contributed by atoms with Gasteiger partial charge in [0.1, 0.15) is 5.75 Å². The molecule has 0 radical (unpaired) electrons. The number of carbonyl (C=O) groups is 1. The maximum absolute atomic E-state index is 12.1. The smallest absolute Gasteiger partial charge is 0.387 e. The van der Waals surface area contributed by atoms with E-state index in [0.717, 1.165) is 6.42 Å². The van der Waals surface area contributed by atoms with E-state index in [9.17, 15) is 13.6 Å². The van der Waals surface area contributed by atoms with Crippen LogP contribution in [-0.2, 0) is 0 Å². The maximum Gasteiger partial charge on any atom is 0.387 e. The van der Waals surface area contributed by atoms with E-state index in [2.05, 4.69) is 4.74 Å². The Kier molecular flexibility index (Phi) is 5.07. The molecule has 1 aromatic carbocycles. The molecule has 0 amide bonds. The molecule has 0 aliphatic heterocycles. The fourth-order valence-electron chi connectivity index (χ4n) is 1.45. The standard InChI is InChI=1S/C13H16F2O2/c1-9(2)7-8-11(16)10-5-3-4-6-12(10)17-13(14)15/h3-6,9,13H,7-8H2,1-2H3. The van der Waals surface area contributed by atoms with Gasteiger partial charge in [0.15, 0.2) is 5.78 Å². The number of benzene rings is 1. The SMILES string of the molecule is CC(C)CCC(=O)c1ccccc1OC(F)F. The van der Waals surface area contributed by atoms with Crippen molar-refractivity contribution in [2.75, 3.05) is 0 Å². The Morgan fingerprint density at radius 3 is 2.53 bits per heavy atom. The van der Waals surface area contributed by atoms with Gasteiger partial charge in [0.2, 0.25) is 0 Å². The minimum absolute atomic E-state index is 0.0451. The van der Waals surface area contributed by atoms with Crippen molar-refractivity contribution in [3.8, 4) is 5.75 Å². The summed E-state index contributed by atoms with van der Waals surface area (Å²) in [6.45, 7) is 1.11. The molecule has 0 atom stereocenters. The van der Waals surface area contributed by atoms with Crippen LogP contribution in [0.2, 0.25) is 0 Å². The molecule has 17 heavy (non-hydrogen) atoms. The largest absolute Gasteiger partial charge is 0.434 e. The molecule has 1 rings (SSSR count). The molecule has 4 heteroatoms. The number of alkyl halides is 2. The van der Waals surface area contributed by atoms with Crippen molar-refractivity contribution in [2.45, 2.75) is 33.3 Å². The Hall–Kier alpha value is -1.45. The summed E-state index contributed by atoms with van der Waals surface area (Å²) >= 11 is 0. The highest BCUT2D eigenvalue weighted by atomic mass is 19.3. The van der Waals surface area contributed by atoms with E-state index in [1.807, 2.05) is 13.8 Å². The second-order valence-corrected chi connectivity index (χ2v) is 4.23. The highest BCUT2D eigenvalue weighted by Gasteiger charge is 2.15. The third-order valence-electron chi connectivity index (χ3n) is 2.35. The lowest BCUT2D eigenvalue weighted by Crippen LogP contribution is -2.08. The molecule has 0 fully saturated rings. The van der Waals surface area contributed by atoms with Gasteiger partial charge in [-0.25, -0.2) is 0 Å². The van der Waals surface area contributed by atoms with E-state index in [4.69, 9.17) is 0 Å². The summed E-state index contributed by atoms with van der Waals surface area (Å²) in [6, 6.07) is 6.10. The number of rotatable bonds is 6. The van der Waals surface area contributed by atoms with Crippen molar-refractivity contribution in [1.29, 1.82) is 0 Å². The summed E-state index contributed by atoms with van der Waals surface area (Å²) in [4.78, 5) is 11.8. The Balaban J connectivity index is 2.78. The number of hydrogen-bond donors (Lipinski definition) is 0. The lowest BCUT2D eigenvalue weighted by atomic mass is 10.0. The number of ketones is 1. The molecule has 0 aromatic heterocycles. The van der Waals surface area contributed by atoms with Gasteiger partial charge in [0.05, 0.1) is 5.56 Å². The molecule has 0 saturated heterocycles. The van der Waals surface area contributed by atoms with Crippen LogP contribution in [0.5, 0.6) is 5.75 Å². The predicted molar refractivity (Wildman–Crippen MR) is 61.5 cm³/mol. The summed E-state index contributed by atoms with van der Waals surface area (Å²) in [6.07, 6.45) is 1.09. The minimum atomic E-state index is -2.91. The molecular weight excluding hydrogens is 226 g/mol. The first-order chi connectivity index (χ1) is 8.00. The monoisotopic (exact) mass is 242 g/mol. The van der Waals surface area contributed by atoms with Gasteiger partial charge in [0.25, 0.3) is 0 Å². The predicted octanol–water partition coefficient (Wildman–Crippen LogP) is 3.91. The summed E-state index contributed by atoms with van der Waals surface area (Å²) in [5.74, 6) is 0.202. The third kappa shape index (κ3) is 4.51. The Labute approximate surface area is 99.6 Å². The average Bonchev–Trinajstić information content (AvgIpc) is 2.25. The normalized spacial score (nSPS) is 10.9. The number of hydrogen-bond acceptors (Lipinski definition) is 2. The van der Waals surface area contributed by atoms with Crippen LogP contribution in [0.3, 0.4) is 0 Å². The first-order valence-electron chi connectivity index (χ1n) is 5.57. The molecular formula is C13H16F2O2. The summed E-state index contributed by atoms with van der Waals surface area (Å²) < 4.78 is 28.6. The molecule has 0 heterocycles. The first kappa shape index (κ1) is 13.6. The first-order valence-corrected chi connectivity index (χ1v) is 5.57. The molecule has 0 unspecified atom stereocenters. The van der Waals surface area contributed by atoms with Crippen LogP contribution in [0, 0.1) is 5.92 Å². The van der Waals surface area contributed by atoms with Gasteiger partial charge in [-0.3, -0.25) is 4.79 Å². The van der Waals surface area contributed by atoms with E-state index >= 15 is 0 Å². The zero-order valence-electron chi connectivity index (χ0n) is 9.95. The molecule has 0 aliphatic rings. The Morgan fingerprint density at radius 1 is 1.29 bits per heavy atom. The van der Waals surface area contributed by atoms with Gasteiger partial charge in [-0.05, 0) is 24.5 Å². The highest BCUT2D eigenvalue weighted by Crippen LogP contribution is 2.22. The van der Waals surface area contributed by atoms with E-state index in [0.29, 0.717) is 12.3 Å². The number of ether oxygens (including phenoxy) is 1. The van der Waals surface area contributed by atoms with E-state index in [1.54, 1.807) is 12.1 Å². The van der Waals surface area contributed by atoms with Crippen LogP contribution in [0.15, 0.2) is 24.3 Å². The van der Waals surface area contributed by atoms with E-state index in [-0.39, 0.29) is 17.1 Å². The lowest BCUT2D eigenvalue weighted by molar-refractivity contribution is -0.0501. The average molecular weight is 242 g/mol. The summed E-state index contributed by atoms with van der Waals surface area (Å²) in [5, 5.41) is 0. The van der Waals surface area contributed by atoms with E-state index < -0.39 is 6.61 Å². The van der Waals surface area contributed by atoms with Crippen LogP contribution in [0.1, 0.15) is 37.0 Å². The molecule has 0 aliphatic carbocycles.